The van der Waals surface area contributed by atoms with Gasteiger partial charge in [0.05, 0.1) is 0 Å². The number of benzene rings is 1. The van der Waals surface area contributed by atoms with Gasteiger partial charge in [0, 0.05) is 12.0 Å². The van der Waals surface area contributed by atoms with E-state index in [0.29, 0.717) is 10.8 Å². The van der Waals surface area contributed by atoms with E-state index in [-0.39, 0.29) is 12.4 Å². The van der Waals surface area contributed by atoms with Gasteiger partial charge in [0.2, 0.25) is 0 Å². The second kappa shape index (κ2) is 6.95. The predicted octanol–water partition coefficient (Wildman–Crippen LogP) is 4.80. The maximum Gasteiger partial charge on any atom is 0.00778 e. The Hall–Kier alpha value is -0.530. The van der Waals surface area contributed by atoms with Crippen molar-refractivity contribution < 1.29 is 0 Å². The first-order chi connectivity index (χ1) is 8.98. The summed E-state index contributed by atoms with van der Waals surface area (Å²) < 4.78 is 0. The van der Waals surface area contributed by atoms with Gasteiger partial charge in [0.25, 0.3) is 0 Å². The largest absolute Gasteiger partial charge is 0.319 e. The van der Waals surface area contributed by atoms with Gasteiger partial charge in [-0.1, -0.05) is 51.1 Å². The third-order valence-electron chi connectivity index (χ3n) is 5.07. The summed E-state index contributed by atoms with van der Waals surface area (Å²) in [6.45, 7) is 8.29. The van der Waals surface area contributed by atoms with Gasteiger partial charge < -0.3 is 5.32 Å². The Bertz CT molecular complexity index is 386. The van der Waals surface area contributed by atoms with E-state index < -0.39 is 0 Å². The monoisotopic (exact) mass is 295 g/mol. The average Bonchev–Trinajstić information content (AvgIpc) is 2.39. The van der Waals surface area contributed by atoms with E-state index in [1.165, 1.54) is 31.2 Å². The van der Waals surface area contributed by atoms with E-state index in [4.69, 9.17) is 0 Å². The number of rotatable bonds is 3. The van der Waals surface area contributed by atoms with Crippen LogP contribution in [0, 0.1) is 11.3 Å². The second-order valence-electron chi connectivity index (χ2n) is 7.32. The van der Waals surface area contributed by atoms with Gasteiger partial charge in [-0.3, -0.25) is 0 Å². The van der Waals surface area contributed by atoms with Crippen molar-refractivity contribution in [2.24, 2.45) is 11.3 Å². The third kappa shape index (κ3) is 3.77. The summed E-state index contributed by atoms with van der Waals surface area (Å²) in [5.41, 5.74) is 2.34. The van der Waals surface area contributed by atoms with E-state index in [2.05, 4.69) is 63.5 Å². The zero-order valence-electron chi connectivity index (χ0n) is 13.4. The Morgan fingerprint density at radius 2 is 1.65 bits per heavy atom. The molecule has 1 aromatic carbocycles. The molecule has 0 bridgehead atoms. The van der Waals surface area contributed by atoms with Gasteiger partial charge >= 0.3 is 0 Å². The van der Waals surface area contributed by atoms with Crippen LogP contribution in [0.15, 0.2) is 30.3 Å². The van der Waals surface area contributed by atoms with Crippen molar-refractivity contribution in [3.8, 4) is 0 Å². The zero-order chi connectivity index (χ0) is 13.9. The number of likely N-dealkylation sites (N-methyl/N-ethyl adjacent to an activating group) is 1. The van der Waals surface area contributed by atoms with Crippen LogP contribution in [0.2, 0.25) is 0 Å². The third-order valence-corrected chi connectivity index (χ3v) is 5.07. The molecule has 1 aliphatic carbocycles. The molecule has 1 aromatic rings. The summed E-state index contributed by atoms with van der Waals surface area (Å²) >= 11 is 0. The second-order valence-corrected chi connectivity index (χ2v) is 7.32. The van der Waals surface area contributed by atoms with Crippen molar-refractivity contribution in [2.75, 3.05) is 13.6 Å². The van der Waals surface area contributed by atoms with Crippen molar-refractivity contribution in [2.45, 2.75) is 51.9 Å². The van der Waals surface area contributed by atoms with E-state index in [1.54, 1.807) is 0 Å². The predicted molar refractivity (Wildman–Crippen MR) is 90.7 cm³/mol. The first-order valence-electron chi connectivity index (χ1n) is 7.68. The SMILES string of the molecule is CNCC1(c2ccccc2)CCC(C(C)(C)C)CC1.Cl. The summed E-state index contributed by atoms with van der Waals surface area (Å²) in [6, 6.07) is 11.1. The summed E-state index contributed by atoms with van der Waals surface area (Å²) in [6.07, 6.45) is 5.36. The highest BCUT2D eigenvalue weighted by Gasteiger charge is 2.39. The fourth-order valence-corrected chi connectivity index (χ4v) is 3.73. The molecule has 0 atom stereocenters. The number of halogens is 1. The summed E-state index contributed by atoms with van der Waals surface area (Å²) in [7, 11) is 2.08. The minimum atomic E-state index is 0. The van der Waals surface area contributed by atoms with Crippen molar-refractivity contribution >= 4 is 12.4 Å². The molecule has 0 aromatic heterocycles. The molecular formula is C18H30ClN. The fraction of sp³-hybridized carbons (Fsp3) is 0.667. The highest BCUT2D eigenvalue weighted by atomic mass is 35.5. The molecule has 1 nitrogen and oxygen atoms in total. The molecule has 0 unspecified atom stereocenters. The molecule has 0 saturated heterocycles. The van der Waals surface area contributed by atoms with Crippen LogP contribution in [0.4, 0.5) is 0 Å². The topological polar surface area (TPSA) is 12.0 Å². The van der Waals surface area contributed by atoms with Crippen LogP contribution in [-0.2, 0) is 5.41 Å². The Balaban J connectivity index is 0.00000200. The molecule has 0 radical (unpaired) electrons. The standard InChI is InChI=1S/C18H29N.ClH/c1-17(2,3)15-10-12-18(13-11-15,14-19-4)16-8-6-5-7-9-16;/h5-9,15,19H,10-14H2,1-4H3;1H. The van der Waals surface area contributed by atoms with Gasteiger partial charge in [-0.2, -0.15) is 0 Å². The zero-order valence-corrected chi connectivity index (χ0v) is 14.2. The molecular weight excluding hydrogens is 266 g/mol. The maximum atomic E-state index is 3.43. The van der Waals surface area contributed by atoms with E-state index in [0.717, 1.165) is 12.5 Å². The van der Waals surface area contributed by atoms with Crippen LogP contribution < -0.4 is 5.32 Å². The van der Waals surface area contributed by atoms with Gasteiger partial charge in [0.15, 0.2) is 0 Å². The van der Waals surface area contributed by atoms with Crippen LogP contribution >= 0.6 is 12.4 Å². The molecule has 2 heteroatoms. The summed E-state index contributed by atoms with van der Waals surface area (Å²) in [5, 5.41) is 3.43. The van der Waals surface area contributed by atoms with Crippen LogP contribution in [0.3, 0.4) is 0 Å². The Labute approximate surface area is 131 Å². The van der Waals surface area contributed by atoms with Crippen LogP contribution in [0.1, 0.15) is 52.0 Å². The first kappa shape index (κ1) is 17.5. The normalized spacial score (nSPS) is 26.9. The minimum Gasteiger partial charge on any atom is -0.319 e. The molecule has 0 aliphatic heterocycles. The number of nitrogens with one attached hydrogen (secondary N) is 1. The van der Waals surface area contributed by atoms with Gasteiger partial charge in [-0.15, -0.1) is 12.4 Å². The average molecular weight is 296 g/mol. The minimum absolute atomic E-state index is 0. The fourth-order valence-electron chi connectivity index (χ4n) is 3.73. The van der Waals surface area contributed by atoms with Crippen molar-refractivity contribution in [1.82, 2.24) is 5.32 Å². The van der Waals surface area contributed by atoms with Gasteiger partial charge in [0.1, 0.15) is 0 Å². The lowest BCUT2D eigenvalue weighted by Gasteiger charge is -2.44. The summed E-state index contributed by atoms with van der Waals surface area (Å²) in [5.74, 6) is 0.876. The van der Waals surface area contributed by atoms with Gasteiger partial charge in [-0.05, 0) is 49.6 Å². The highest BCUT2D eigenvalue weighted by Crippen LogP contribution is 2.46. The number of hydrogen-bond donors (Lipinski definition) is 1. The Morgan fingerprint density at radius 3 is 2.10 bits per heavy atom. The van der Waals surface area contributed by atoms with Crippen LogP contribution in [-0.4, -0.2) is 13.6 Å². The van der Waals surface area contributed by atoms with E-state index in [9.17, 15) is 0 Å². The first-order valence-corrected chi connectivity index (χ1v) is 7.68. The van der Waals surface area contributed by atoms with E-state index in [1.807, 2.05) is 0 Å². The molecule has 114 valence electrons. The highest BCUT2D eigenvalue weighted by molar-refractivity contribution is 5.85. The lowest BCUT2D eigenvalue weighted by molar-refractivity contribution is 0.131. The smallest absolute Gasteiger partial charge is 0.00778 e. The molecule has 1 saturated carbocycles. The molecule has 0 amide bonds. The molecule has 0 heterocycles. The van der Waals surface area contributed by atoms with Crippen LogP contribution in [0.25, 0.3) is 0 Å². The maximum absolute atomic E-state index is 3.43. The molecule has 20 heavy (non-hydrogen) atoms. The van der Waals surface area contributed by atoms with Crippen LogP contribution in [0.5, 0.6) is 0 Å². The van der Waals surface area contributed by atoms with E-state index >= 15 is 0 Å². The van der Waals surface area contributed by atoms with Gasteiger partial charge in [-0.25, -0.2) is 0 Å². The van der Waals surface area contributed by atoms with Crippen molar-refractivity contribution in [3.63, 3.8) is 0 Å². The van der Waals surface area contributed by atoms with Crippen molar-refractivity contribution in [3.05, 3.63) is 35.9 Å². The Kier molecular flexibility index (Phi) is 6.09. The molecule has 1 aliphatic rings. The van der Waals surface area contributed by atoms with Crippen molar-refractivity contribution in [1.29, 1.82) is 0 Å². The lowest BCUT2D eigenvalue weighted by Crippen LogP contribution is -2.42. The quantitative estimate of drug-likeness (QED) is 0.844. The lowest BCUT2D eigenvalue weighted by atomic mass is 9.62. The molecule has 1 N–H and O–H groups in total. The molecule has 2 rings (SSSR count). The molecule has 1 fully saturated rings. The summed E-state index contributed by atoms with van der Waals surface area (Å²) in [4.78, 5) is 0. The molecule has 0 spiro atoms. The Morgan fingerprint density at radius 1 is 1.10 bits per heavy atom. The number of hydrogen-bond acceptors (Lipinski definition) is 1.